The Kier molecular flexibility index (Phi) is 8.47. The molecular weight excluding hydrogens is 289 g/mol. The van der Waals surface area contributed by atoms with Crippen molar-refractivity contribution in [2.75, 3.05) is 0 Å². The largest absolute Gasteiger partial charge is 0.505 e. The van der Waals surface area contributed by atoms with Crippen molar-refractivity contribution in [3.63, 3.8) is 0 Å². The zero-order valence-electron chi connectivity index (χ0n) is 7.07. The lowest BCUT2D eigenvalue weighted by Crippen LogP contribution is -1.93. The summed E-state index contributed by atoms with van der Waals surface area (Å²) in [5.41, 5.74) is 0. The maximum Gasteiger partial charge on any atom is 0.505 e. The smallest absolute Gasteiger partial charge is 0.327 e. The molecule has 0 aliphatic heterocycles. The van der Waals surface area contributed by atoms with Crippen LogP contribution in [-0.2, 0) is 9.24 Å². The Morgan fingerprint density at radius 1 is 1.13 bits per heavy atom. The fourth-order valence-electron chi connectivity index (χ4n) is 0.582. The molecule has 0 aliphatic carbocycles. The predicted molar refractivity (Wildman–Crippen MR) is 59.7 cm³/mol. The number of hydrogen-bond acceptors (Lipinski definition) is 3. The average molecular weight is 297 g/mol. The molecule has 0 spiro atoms. The molecule has 0 heterocycles. The third-order valence-corrected chi connectivity index (χ3v) is 1.56. The van der Waals surface area contributed by atoms with Crippen molar-refractivity contribution in [2.45, 2.75) is 0 Å². The van der Waals surface area contributed by atoms with Crippen molar-refractivity contribution >= 4 is 44.2 Å². The molecule has 0 amide bonds. The molecule has 2 N–H and O–H groups in total. The highest BCUT2D eigenvalue weighted by atomic mass is 35.5. The summed E-state index contributed by atoms with van der Waals surface area (Å²) in [6, 6.07) is 5.83. The number of halogens is 3. The highest BCUT2D eigenvalue weighted by Gasteiger charge is 2.16. The van der Waals surface area contributed by atoms with Gasteiger partial charge in [0.1, 0.15) is 0 Å². The summed E-state index contributed by atoms with van der Waals surface area (Å²) in [5.74, 6) is 0.160. The van der Waals surface area contributed by atoms with Crippen LogP contribution in [0.1, 0.15) is 0 Å². The first kappa shape index (κ1) is 17.4. The van der Waals surface area contributed by atoms with Crippen LogP contribution in [-0.4, -0.2) is 9.79 Å². The van der Waals surface area contributed by atoms with Gasteiger partial charge in [-0.05, 0) is 24.3 Å². The second-order valence-corrected chi connectivity index (χ2v) is 3.67. The van der Waals surface area contributed by atoms with Gasteiger partial charge in [0.2, 0.25) is 0 Å². The number of phosphoric acid groups is 1. The van der Waals surface area contributed by atoms with E-state index in [1.807, 2.05) is 0 Å². The minimum atomic E-state index is -4.60. The van der Waals surface area contributed by atoms with Gasteiger partial charge in [0.25, 0.3) is 0 Å². The zero-order valence-corrected chi connectivity index (χ0v) is 10.4. The predicted octanol–water partition coefficient (Wildman–Crippen LogP) is 2.59. The van der Waals surface area contributed by atoms with Gasteiger partial charge in [-0.3, -0.25) is 0 Å². The lowest BCUT2D eigenvalue weighted by atomic mass is 10.3. The van der Waals surface area contributed by atoms with Gasteiger partial charge in [-0.2, -0.15) is 0 Å². The van der Waals surface area contributed by atoms with Crippen molar-refractivity contribution in [1.82, 2.24) is 0 Å². The van der Waals surface area contributed by atoms with Gasteiger partial charge in [-0.1, -0.05) is 16.3 Å². The Bertz CT molecular complexity index is 324. The molecule has 0 unspecified atom stereocenters. The van der Waals surface area contributed by atoms with E-state index in [0.717, 1.165) is 0 Å². The van der Waals surface area contributed by atoms with E-state index in [-0.39, 0.29) is 30.6 Å². The monoisotopic (exact) mass is 296 g/mol. The highest BCUT2D eigenvalue weighted by molar-refractivity contribution is 7.46. The van der Waals surface area contributed by atoms with E-state index in [2.05, 4.69) is 9.56 Å². The van der Waals surface area contributed by atoms with E-state index in [0.29, 0.717) is 5.02 Å². The van der Waals surface area contributed by atoms with E-state index in [4.69, 9.17) is 21.4 Å². The molecule has 0 atom stereocenters. The Labute approximate surface area is 103 Å². The molecule has 9 heteroatoms. The quantitative estimate of drug-likeness (QED) is 0.509. The molecule has 0 aliphatic rings. The van der Waals surface area contributed by atoms with Crippen molar-refractivity contribution in [3.05, 3.63) is 29.3 Å². The van der Waals surface area contributed by atoms with Gasteiger partial charge in [0.15, 0.2) is 5.75 Å². The van der Waals surface area contributed by atoms with Crippen molar-refractivity contribution in [2.24, 2.45) is 0 Å². The van der Waals surface area contributed by atoms with Crippen LogP contribution in [0.5, 0.6) is 5.75 Å². The van der Waals surface area contributed by atoms with E-state index in [1.54, 1.807) is 0 Å². The number of rotatable bonds is 3. The van der Waals surface area contributed by atoms with Crippen LogP contribution >= 0.6 is 44.2 Å². The first-order valence-electron chi connectivity index (χ1n) is 3.15. The maximum atomic E-state index is 10.2. The normalized spacial score (nSPS) is 9.80. The summed E-state index contributed by atoms with van der Waals surface area (Å²) in [6.07, 6.45) is 0. The minimum absolute atomic E-state index is 0. The average Bonchev–Trinajstić information content (AvgIpc) is 2.02. The molecule has 0 bridgehead atoms. The fourth-order valence-corrected chi connectivity index (χ4v) is 0.891. The summed E-state index contributed by atoms with van der Waals surface area (Å²) >= 11 is 5.55. The molecule has 1 rings (SSSR count). The minimum Gasteiger partial charge on any atom is -0.327 e. The molecule has 0 radical (unpaired) electrons. The topological polar surface area (TPSA) is 76.0 Å². The molecule has 88 valence electrons. The van der Waals surface area contributed by atoms with Crippen LogP contribution in [0.3, 0.4) is 0 Å². The van der Waals surface area contributed by atoms with Crippen LogP contribution in [0.15, 0.2) is 24.3 Å². The Morgan fingerprint density at radius 2 is 1.60 bits per heavy atom. The highest BCUT2D eigenvalue weighted by Crippen LogP contribution is 2.36. The van der Waals surface area contributed by atoms with Crippen molar-refractivity contribution < 1.29 is 23.9 Å². The van der Waals surface area contributed by atoms with Crippen LogP contribution in [0.4, 0.5) is 0 Å². The molecule has 0 saturated heterocycles. The SMILES string of the molecule is Cl.Cl.O=P(O)(O)OOc1ccc(Cl)cc1. The van der Waals surface area contributed by atoms with E-state index >= 15 is 0 Å². The second kappa shape index (κ2) is 7.30. The van der Waals surface area contributed by atoms with E-state index in [9.17, 15) is 4.57 Å². The summed E-state index contributed by atoms with van der Waals surface area (Å²) in [4.78, 5) is 20.8. The third kappa shape index (κ3) is 7.88. The van der Waals surface area contributed by atoms with Crippen LogP contribution in [0.25, 0.3) is 0 Å². The van der Waals surface area contributed by atoms with Gasteiger partial charge < -0.3 is 14.7 Å². The molecule has 15 heavy (non-hydrogen) atoms. The van der Waals surface area contributed by atoms with Gasteiger partial charge in [0, 0.05) is 5.02 Å². The maximum absolute atomic E-state index is 10.2. The molecule has 5 nitrogen and oxygen atoms in total. The number of hydrogen-bond donors (Lipinski definition) is 2. The molecular formula is C6H8Cl3O5P. The van der Waals surface area contributed by atoms with Crippen LogP contribution < -0.4 is 4.89 Å². The summed E-state index contributed by atoms with van der Waals surface area (Å²) < 4.78 is 14.0. The molecule has 1 aromatic rings. The fraction of sp³-hybridized carbons (Fsp3) is 0. The zero-order chi connectivity index (χ0) is 9.90. The lowest BCUT2D eigenvalue weighted by Gasteiger charge is -2.04. The standard InChI is InChI=1S/C6H6ClO5P.2ClH/c7-5-1-3-6(4-2-5)11-12-13(8,9)10;;/h1-4H,(H2,8,9,10);2*1H. The van der Waals surface area contributed by atoms with Gasteiger partial charge >= 0.3 is 7.82 Å². The van der Waals surface area contributed by atoms with Crippen LogP contribution in [0, 0.1) is 0 Å². The molecule has 0 saturated carbocycles. The summed E-state index contributed by atoms with van der Waals surface area (Å²) in [7, 11) is -4.60. The first-order valence-corrected chi connectivity index (χ1v) is 5.05. The third-order valence-electron chi connectivity index (χ3n) is 1.04. The Hall–Kier alpha value is -0.000000000000000222. The van der Waals surface area contributed by atoms with Crippen LogP contribution in [0.2, 0.25) is 5.02 Å². The van der Waals surface area contributed by atoms with Gasteiger partial charge in [0.05, 0.1) is 0 Å². The van der Waals surface area contributed by atoms with E-state index < -0.39 is 7.82 Å². The first-order chi connectivity index (χ1) is 5.97. The lowest BCUT2D eigenvalue weighted by molar-refractivity contribution is -0.122. The Balaban J connectivity index is 0. The number of benzene rings is 1. The van der Waals surface area contributed by atoms with Crippen molar-refractivity contribution in [3.8, 4) is 5.75 Å². The summed E-state index contributed by atoms with van der Waals surface area (Å²) in [5, 5.41) is 0.489. The van der Waals surface area contributed by atoms with E-state index in [1.165, 1.54) is 24.3 Å². The molecule has 0 aromatic heterocycles. The summed E-state index contributed by atoms with van der Waals surface area (Å²) in [6.45, 7) is 0. The van der Waals surface area contributed by atoms with Gasteiger partial charge in [-0.15, -0.1) is 24.8 Å². The van der Waals surface area contributed by atoms with Crippen molar-refractivity contribution in [1.29, 1.82) is 0 Å². The Morgan fingerprint density at radius 3 is 2.00 bits per heavy atom. The molecule has 1 aromatic carbocycles. The second-order valence-electron chi connectivity index (χ2n) is 2.10. The molecule has 0 fully saturated rings. The van der Waals surface area contributed by atoms with Gasteiger partial charge in [-0.25, -0.2) is 4.57 Å².